The summed E-state index contributed by atoms with van der Waals surface area (Å²) in [6.07, 6.45) is -3.74. The Hall–Kier alpha value is -2.36. The van der Waals surface area contributed by atoms with Gasteiger partial charge in [0.1, 0.15) is 0 Å². The van der Waals surface area contributed by atoms with E-state index in [9.17, 15) is 27.5 Å². The molecule has 1 atom stereocenters. The fourth-order valence-corrected chi connectivity index (χ4v) is 2.36. The van der Waals surface area contributed by atoms with Crippen LogP contribution < -0.4 is 9.47 Å². The van der Waals surface area contributed by atoms with Crippen molar-refractivity contribution in [1.29, 1.82) is 0 Å². The van der Waals surface area contributed by atoms with Crippen LogP contribution in [0.1, 0.15) is 30.6 Å². The summed E-state index contributed by atoms with van der Waals surface area (Å²) in [5, 5.41) is 14.0. The summed E-state index contributed by atoms with van der Waals surface area (Å²) < 4.78 is 60.6. The second-order valence-corrected chi connectivity index (χ2v) is 5.28. The van der Waals surface area contributed by atoms with Crippen LogP contribution in [-0.2, 0) is 0 Å². The molecule has 1 aromatic carbocycles. The number of hydrogen-bond acceptors (Lipinski definition) is 5. The summed E-state index contributed by atoms with van der Waals surface area (Å²) in [5.41, 5.74) is -2.79. The van der Waals surface area contributed by atoms with Crippen LogP contribution in [-0.4, -0.2) is 47.1 Å². The normalized spacial score (nSPS) is 20.2. The summed E-state index contributed by atoms with van der Waals surface area (Å²) in [6.45, 7) is -0.0227. The maximum absolute atomic E-state index is 13.2. The van der Waals surface area contributed by atoms with Crippen molar-refractivity contribution >= 4 is 11.6 Å². The van der Waals surface area contributed by atoms with E-state index in [4.69, 9.17) is 4.74 Å². The Morgan fingerprint density at radius 1 is 1.36 bits per heavy atom. The van der Waals surface area contributed by atoms with Gasteiger partial charge in [0.25, 0.3) is 12.3 Å². The van der Waals surface area contributed by atoms with Crippen LogP contribution in [0.25, 0.3) is 0 Å². The summed E-state index contributed by atoms with van der Waals surface area (Å²) in [6, 6.07) is 3.22. The summed E-state index contributed by atoms with van der Waals surface area (Å²) >= 11 is 0. The number of nitrogens with zero attached hydrogens (tertiary/aromatic N) is 2. The lowest BCUT2D eigenvalue weighted by molar-refractivity contribution is -0.164. The van der Waals surface area contributed by atoms with Crippen LogP contribution in [0.2, 0.25) is 0 Å². The van der Waals surface area contributed by atoms with Crippen LogP contribution >= 0.6 is 0 Å². The molecule has 0 saturated heterocycles. The Balaban J connectivity index is 2.37. The van der Waals surface area contributed by atoms with Crippen LogP contribution in [0, 0.1) is 0 Å². The minimum absolute atomic E-state index is 0.0964. The molecule has 1 aromatic rings. The number of hydrogen-bond donors (Lipinski definition) is 1. The molecule has 10 heteroatoms. The first-order valence-electron chi connectivity index (χ1n) is 7.29. The molecule has 0 saturated carbocycles. The number of carbonyl (C=O) groups is 1. The topological polar surface area (TPSA) is 71.4 Å². The maximum atomic E-state index is 13.2. The highest BCUT2D eigenvalue weighted by Gasteiger charge is 2.51. The van der Waals surface area contributed by atoms with E-state index in [0.29, 0.717) is 5.01 Å². The number of hydrazone groups is 1. The highest BCUT2D eigenvalue weighted by Crippen LogP contribution is 2.35. The number of carbonyl (C=O) groups excluding carboxylic acids is 1. The van der Waals surface area contributed by atoms with E-state index in [1.165, 1.54) is 6.92 Å². The van der Waals surface area contributed by atoms with E-state index in [0.717, 1.165) is 18.2 Å². The highest BCUT2D eigenvalue weighted by molar-refractivity contribution is 5.98. The molecule has 138 valence electrons. The van der Waals surface area contributed by atoms with Crippen molar-refractivity contribution in [2.45, 2.75) is 39.0 Å². The molecule has 0 radical (unpaired) electrons. The molecule has 1 amide bonds. The highest BCUT2D eigenvalue weighted by atomic mass is 19.3. The van der Waals surface area contributed by atoms with Gasteiger partial charge >= 0.3 is 6.61 Å². The Kier molecular flexibility index (Phi) is 5.51. The Bertz CT molecular complexity index is 683. The van der Waals surface area contributed by atoms with Gasteiger partial charge in [-0.2, -0.15) is 18.9 Å². The van der Waals surface area contributed by atoms with Gasteiger partial charge in [0.2, 0.25) is 5.72 Å². The third-order valence-corrected chi connectivity index (χ3v) is 3.40. The predicted molar refractivity (Wildman–Crippen MR) is 79.1 cm³/mol. The molecular weight excluding hydrogens is 348 g/mol. The smallest absolute Gasteiger partial charge is 0.387 e. The Labute approximate surface area is 140 Å². The number of aliphatic hydroxyl groups is 1. The van der Waals surface area contributed by atoms with Crippen molar-refractivity contribution in [1.82, 2.24) is 5.01 Å². The van der Waals surface area contributed by atoms with Gasteiger partial charge < -0.3 is 14.6 Å². The average molecular weight is 364 g/mol. The summed E-state index contributed by atoms with van der Waals surface area (Å²) in [4.78, 5) is 12.5. The van der Waals surface area contributed by atoms with Crippen molar-refractivity contribution in [2.75, 3.05) is 6.61 Å². The van der Waals surface area contributed by atoms with E-state index < -0.39 is 31.1 Å². The monoisotopic (exact) mass is 364 g/mol. The zero-order chi connectivity index (χ0) is 18.8. The first-order chi connectivity index (χ1) is 11.7. The Morgan fingerprint density at radius 3 is 2.60 bits per heavy atom. The van der Waals surface area contributed by atoms with Crippen molar-refractivity contribution in [2.24, 2.45) is 5.10 Å². The lowest BCUT2D eigenvalue weighted by atomic mass is 10.1. The largest absolute Gasteiger partial charge is 0.490 e. The van der Waals surface area contributed by atoms with Crippen molar-refractivity contribution in [3.8, 4) is 11.5 Å². The number of alkyl halides is 4. The first kappa shape index (κ1) is 19.0. The zero-order valence-electron chi connectivity index (χ0n) is 13.4. The van der Waals surface area contributed by atoms with Crippen LogP contribution in [0.15, 0.2) is 23.3 Å². The number of benzene rings is 1. The van der Waals surface area contributed by atoms with Gasteiger partial charge in [-0.25, -0.2) is 8.78 Å². The van der Waals surface area contributed by atoms with E-state index in [1.807, 2.05) is 0 Å². The fourth-order valence-electron chi connectivity index (χ4n) is 2.36. The quantitative estimate of drug-likeness (QED) is 0.788. The van der Waals surface area contributed by atoms with Crippen molar-refractivity contribution in [3.05, 3.63) is 23.8 Å². The van der Waals surface area contributed by atoms with Crippen molar-refractivity contribution in [3.63, 3.8) is 0 Å². The van der Waals surface area contributed by atoms with Gasteiger partial charge in [-0.1, -0.05) is 0 Å². The summed E-state index contributed by atoms with van der Waals surface area (Å²) in [5.74, 6) is -1.49. The molecule has 0 aromatic heterocycles. The van der Waals surface area contributed by atoms with Gasteiger partial charge in [0.15, 0.2) is 11.5 Å². The van der Waals surface area contributed by atoms with E-state index in [-0.39, 0.29) is 29.4 Å². The third-order valence-electron chi connectivity index (χ3n) is 3.40. The molecule has 1 heterocycles. The first-order valence-corrected chi connectivity index (χ1v) is 7.29. The zero-order valence-corrected chi connectivity index (χ0v) is 13.4. The van der Waals surface area contributed by atoms with Crippen LogP contribution in [0.4, 0.5) is 17.6 Å². The van der Waals surface area contributed by atoms with Gasteiger partial charge in [-0.15, -0.1) is 0 Å². The fraction of sp³-hybridized carbons (Fsp3) is 0.467. The number of halogens is 4. The molecule has 0 bridgehead atoms. The second kappa shape index (κ2) is 7.26. The number of amides is 1. The predicted octanol–water partition coefficient (Wildman–Crippen LogP) is 2.86. The standard InChI is InChI=1S/C15H16F4N2O4/c1-3-24-11-6-9(4-5-10(11)25-14(18)19)12(22)21-15(23,13(16)17)7-8(2)20-21/h4-6,13-14,23H,3,7H2,1-2H3/t15-/m0/s1. The molecule has 0 fully saturated rings. The lowest BCUT2D eigenvalue weighted by Crippen LogP contribution is -2.51. The molecule has 1 N–H and O–H groups in total. The van der Waals surface area contributed by atoms with E-state index in [2.05, 4.69) is 9.84 Å². The molecule has 1 aliphatic rings. The van der Waals surface area contributed by atoms with Crippen molar-refractivity contribution < 1.29 is 36.9 Å². The van der Waals surface area contributed by atoms with Gasteiger partial charge in [-0.05, 0) is 32.0 Å². The molecular formula is C15H16F4N2O4. The number of rotatable bonds is 6. The van der Waals surface area contributed by atoms with E-state index >= 15 is 0 Å². The van der Waals surface area contributed by atoms with Gasteiger partial charge in [-0.3, -0.25) is 4.79 Å². The van der Waals surface area contributed by atoms with Crippen LogP contribution in [0.3, 0.4) is 0 Å². The van der Waals surface area contributed by atoms with Gasteiger partial charge in [0, 0.05) is 17.7 Å². The van der Waals surface area contributed by atoms with E-state index in [1.54, 1.807) is 6.92 Å². The molecule has 0 unspecified atom stereocenters. The summed E-state index contributed by atoms with van der Waals surface area (Å²) in [7, 11) is 0. The average Bonchev–Trinajstić information content (AvgIpc) is 2.84. The second-order valence-electron chi connectivity index (χ2n) is 5.28. The molecule has 2 rings (SSSR count). The SMILES string of the molecule is CCOc1cc(C(=O)N2N=C(C)C[C@]2(O)C(F)F)ccc1OC(F)F. The molecule has 0 spiro atoms. The minimum atomic E-state index is -3.24. The number of ether oxygens (including phenoxy) is 2. The van der Waals surface area contributed by atoms with Crippen LogP contribution in [0.5, 0.6) is 11.5 Å². The Morgan fingerprint density at radius 2 is 2.04 bits per heavy atom. The lowest BCUT2D eigenvalue weighted by Gasteiger charge is -2.30. The maximum Gasteiger partial charge on any atom is 0.387 e. The molecule has 1 aliphatic heterocycles. The molecule has 0 aliphatic carbocycles. The van der Waals surface area contributed by atoms with Gasteiger partial charge in [0.05, 0.1) is 6.61 Å². The molecule has 6 nitrogen and oxygen atoms in total. The third kappa shape index (κ3) is 3.84. The minimum Gasteiger partial charge on any atom is -0.490 e. The molecule has 25 heavy (non-hydrogen) atoms.